The van der Waals surface area contributed by atoms with Crippen LogP contribution < -0.4 is 4.74 Å². The van der Waals surface area contributed by atoms with Crippen molar-refractivity contribution in [2.75, 3.05) is 7.11 Å². The minimum Gasteiger partial charge on any atom is -0.504 e. The first-order chi connectivity index (χ1) is 12.3. The summed E-state index contributed by atoms with van der Waals surface area (Å²) in [5.74, 6) is 2.97. The van der Waals surface area contributed by atoms with Gasteiger partial charge in [-0.1, -0.05) is 12.8 Å². The second-order valence-electron chi connectivity index (χ2n) is 8.41. The first kappa shape index (κ1) is 17.7. The van der Waals surface area contributed by atoms with E-state index in [9.17, 15) is 20.4 Å². The number of terminal acetylenes is 1. The molecule has 0 heterocycles. The lowest BCUT2D eigenvalue weighted by Gasteiger charge is -2.53. The summed E-state index contributed by atoms with van der Waals surface area (Å²) in [7, 11) is 1.51. The minimum atomic E-state index is -1.61. The molecule has 5 nitrogen and oxygen atoms in total. The molecule has 0 amide bonds. The number of hydrogen-bond donors (Lipinski definition) is 4. The van der Waals surface area contributed by atoms with Gasteiger partial charge in [0.1, 0.15) is 0 Å². The number of phenolic OH excluding ortho intramolecular Hbond substituents is 1. The maximum Gasteiger partial charge on any atom is 0.160 e. The number of aromatic hydroxyl groups is 1. The number of rotatable bonds is 1. The molecule has 0 saturated heterocycles. The first-order valence-electron chi connectivity index (χ1n) is 9.23. The van der Waals surface area contributed by atoms with Crippen LogP contribution >= 0.6 is 0 Å². The van der Waals surface area contributed by atoms with Gasteiger partial charge in [0.2, 0.25) is 0 Å². The average Bonchev–Trinajstić information content (AvgIpc) is 2.81. The summed E-state index contributed by atoms with van der Waals surface area (Å²) in [6, 6.07) is 3.55. The smallest absolute Gasteiger partial charge is 0.160 e. The lowest BCUT2D eigenvalue weighted by Crippen LogP contribution is -2.56. The molecule has 0 aromatic heterocycles. The second-order valence-corrected chi connectivity index (χ2v) is 8.41. The van der Waals surface area contributed by atoms with Gasteiger partial charge in [-0.05, 0) is 60.8 Å². The summed E-state index contributed by atoms with van der Waals surface area (Å²) in [6.45, 7) is 1.90. The van der Waals surface area contributed by atoms with E-state index >= 15 is 0 Å². The number of ether oxygens (including phenoxy) is 1. The van der Waals surface area contributed by atoms with Crippen LogP contribution in [0.4, 0.5) is 0 Å². The number of aryl methyl sites for hydroxylation is 1. The van der Waals surface area contributed by atoms with Crippen LogP contribution in [0.5, 0.6) is 11.5 Å². The standard InChI is InChI=1S/C21H26O5/c1-4-21(25)18(24)9-14-12-6-5-11-7-15(22)17(26-3)8-13(11)19(12)16(23)10-20(14,21)2/h1,7-8,12,14,16,18-19,22-25H,5-6,9-10H2,2-3H3/t12-,14-,16-,18-,19-,20-,21-/m0/s1. The molecular formula is C21H26O5. The number of aliphatic hydroxyl groups excluding tert-OH is 2. The molecular weight excluding hydrogens is 332 g/mol. The Bertz CT molecular complexity index is 783. The van der Waals surface area contributed by atoms with Crippen LogP contribution in [0.25, 0.3) is 0 Å². The van der Waals surface area contributed by atoms with E-state index in [1.165, 1.54) is 7.11 Å². The molecule has 140 valence electrons. The number of aliphatic hydroxyl groups is 3. The maximum absolute atomic E-state index is 11.0. The van der Waals surface area contributed by atoms with Gasteiger partial charge in [-0.2, -0.15) is 0 Å². The van der Waals surface area contributed by atoms with Gasteiger partial charge in [0, 0.05) is 11.3 Å². The summed E-state index contributed by atoms with van der Waals surface area (Å²) in [4.78, 5) is 0. The Morgan fingerprint density at radius 3 is 2.69 bits per heavy atom. The SMILES string of the molecule is C#C[C@]1(O)[C@@H](O)C[C@H]2[C@@H]3CCc4cc(O)c(OC)cc4[C@H]3[C@@H](O)C[C@@]21C. The monoisotopic (exact) mass is 358 g/mol. The van der Waals surface area contributed by atoms with Crippen molar-refractivity contribution in [2.24, 2.45) is 17.3 Å². The number of benzene rings is 1. The predicted molar refractivity (Wildman–Crippen MR) is 95.8 cm³/mol. The van der Waals surface area contributed by atoms with Gasteiger partial charge < -0.3 is 25.2 Å². The van der Waals surface area contributed by atoms with Crippen molar-refractivity contribution in [1.82, 2.24) is 0 Å². The molecule has 0 radical (unpaired) electrons. The zero-order valence-corrected chi connectivity index (χ0v) is 15.1. The lowest BCUT2D eigenvalue weighted by molar-refractivity contribution is -0.128. The van der Waals surface area contributed by atoms with E-state index in [0.29, 0.717) is 18.6 Å². The van der Waals surface area contributed by atoms with E-state index in [4.69, 9.17) is 11.2 Å². The van der Waals surface area contributed by atoms with Crippen molar-refractivity contribution >= 4 is 0 Å². The normalized spacial score (nSPS) is 43.8. The summed E-state index contributed by atoms with van der Waals surface area (Å²) in [5.41, 5.74) is -0.314. The molecule has 2 fully saturated rings. The molecule has 7 atom stereocenters. The molecule has 26 heavy (non-hydrogen) atoms. The van der Waals surface area contributed by atoms with Gasteiger partial charge in [-0.3, -0.25) is 0 Å². The highest BCUT2D eigenvalue weighted by Gasteiger charge is 2.67. The molecule has 1 aromatic rings. The van der Waals surface area contributed by atoms with E-state index in [-0.39, 0.29) is 23.5 Å². The Labute approximate surface area is 153 Å². The fourth-order valence-corrected chi connectivity index (χ4v) is 6.11. The van der Waals surface area contributed by atoms with E-state index in [2.05, 4.69) is 5.92 Å². The molecule has 4 N–H and O–H groups in total. The zero-order chi connectivity index (χ0) is 18.9. The summed E-state index contributed by atoms with van der Waals surface area (Å²) in [6.07, 6.45) is 6.32. The largest absolute Gasteiger partial charge is 0.504 e. The molecule has 5 heteroatoms. The van der Waals surface area contributed by atoms with Crippen molar-refractivity contribution < 1.29 is 25.2 Å². The van der Waals surface area contributed by atoms with Crippen LogP contribution in [0.1, 0.15) is 43.2 Å². The van der Waals surface area contributed by atoms with E-state index in [1.807, 2.05) is 13.0 Å². The molecule has 0 spiro atoms. The predicted octanol–water partition coefficient (Wildman–Crippen LogP) is 1.56. The summed E-state index contributed by atoms with van der Waals surface area (Å²) < 4.78 is 5.26. The molecule has 3 aliphatic carbocycles. The van der Waals surface area contributed by atoms with Crippen molar-refractivity contribution in [3.63, 3.8) is 0 Å². The van der Waals surface area contributed by atoms with Crippen molar-refractivity contribution in [3.8, 4) is 23.8 Å². The highest BCUT2D eigenvalue weighted by Crippen LogP contribution is 2.64. The first-order valence-corrected chi connectivity index (χ1v) is 9.23. The van der Waals surface area contributed by atoms with Crippen molar-refractivity contribution in [2.45, 2.75) is 56.3 Å². The maximum atomic E-state index is 11.0. The van der Waals surface area contributed by atoms with Gasteiger partial charge in [0.05, 0.1) is 19.3 Å². The number of fused-ring (bicyclic) bond motifs is 5. The molecule has 2 saturated carbocycles. The lowest BCUT2D eigenvalue weighted by atomic mass is 9.52. The van der Waals surface area contributed by atoms with Gasteiger partial charge in [0.15, 0.2) is 17.1 Å². The van der Waals surface area contributed by atoms with Gasteiger partial charge in [-0.15, -0.1) is 6.42 Å². The molecule has 4 rings (SSSR count). The third-order valence-electron chi connectivity index (χ3n) is 7.44. The van der Waals surface area contributed by atoms with Crippen LogP contribution in [-0.2, 0) is 6.42 Å². The van der Waals surface area contributed by atoms with E-state index in [1.54, 1.807) is 6.07 Å². The summed E-state index contributed by atoms with van der Waals surface area (Å²) >= 11 is 0. The fourth-order valence-electron chi connectivity index (χ4n) is 6.11. The zero-order valence-electron chi connectivity index (χ0n) is 15.1. The Morgan fingerprint density at radius 1 is 1.31 bits per heavy atom. The van der Waals surface area contributed by atoms with Crippen LogP contribution in [0.2, 0.25) is 0 Å². The molecule has 0 unspecified atom stereocenters. The van der Waals surface area contributed by atoms with Crippen LogP contribution in [0.3, 0.4) is 0 Å². The molecule has 0 aliphatic heterocycles. The Morgan fingerprint density at radius 2 is 2.04 bits per heavy atom. The molecule has 0 bridgehead atoms. The Kier molecular flexibility index (Phi) is 3.82. The number of hydrogen-bond acceptors (Lipinski definition) is 5. The quantitative estimate of drug-likeness (QED) is 0.572. The number of methoxy groups -OCH3 is 1. The molecule has 3 aliphatic rings. The van der Waals surface area contributed by atoms with Crippen LogP contribution in [0.15, 0.2) is 12.1 Å². The van der Waals surface area contributed by atoms with Gasteiger partial charge in [0.25, 0.3) is 0 Å². The fraction of sp³-hybridized carbons (Fsp3) is 0.619. The molecule has 1 aromatic carbocycles. The summed E-state index contributed by atoms with van der Waals surface area (Å²) in [5, 5.41) is 42.6. The van der Waals surface area contributed by atoms with Crippen molar-refractivity contribution in [1.29, 1.82) is 0 Å². The van der Waals surface area contributed by atoms with Crippen molar-refractivity contribution in [3.05, 3.63) is 23.3 Å². The third-order valence-corrected chi connectivity index (χ3v) is 7.44. The van der Waals surface area contributed by atoms with Gasteiger partial charge in [-0.25, -0.2) is 0 Å². The minimum absolute atomic E-state index is 0.0277. The van der Waals surface area contributed by atoms with E-state index < -0.39 is 23.2 Å². The van der Waals surface area contributed by atoms with E-state index in [0.717, 1.165) is 24.0 Å². The highest BCUT2D eigenvalue weighted by atomic mass is 16.5. The number of phenols is 1. The Hall–Kier alpha value is -1.74. The van der Waals surface area contributed by atoms with Gasteiger partial charge >= 0.3 is 0 Å². The average molecular weight is 358 g/mol. The second kappa shape index (κ2) is 5.63. The Balaban J connectivity index is 1.80. The highest BCUT2D eigenvalue weighted by molar-refractivity contribution is 5.50. The van der Waals surface area contributed by atoms with Crippen LogP contribution in [-0.4, -0.2) is 45.3 Å². The topological polar surface area (TPSA) is 90.2 Å². The van der Waals surface area contributed by atoms with Crippen LogP contribution in [0, 0.1) is 29.6 Å². The third kappa shape index (κ3) is 2.04.